The quantitative estimate of drug-likeness (QED) is 0.915. The lowest BCUT2D eigenvalue weighted by Gasteiger charge is -2.19. The molecule has 0 saturated heterocycles. The molecule has 1 heterocycles. The number of aromatic nitrogens is 2. The van der Waals surface area contributed by atoms with Crippen molar-refractivity contribution in [2.24, 2.45) is 0 Å². The van der Waals surface area contributed by atoms with Crippen LogP contribution < -0.4 is 5.32 Å². The second-order valence-corrected chi connectivity index (χ2v) is 6.46. The Balaban J connectivity index is 1.91. The molecular weight excluding hydrogens is 304 g/mol. The Morgan fingerprint density at radius 1 is 1.38 bits per heavy atom. The number of benzene rings is 1. The van der Waals surface area contributed by atoms with Crippen LogP contribution in [0, 0.1) is 11.3 Å². The molecule has 6 heteroatoms. The van der Waals surface area contributed by atoms with E-state index >= 15 is 0 Å². The number of carbonyl (C=O) groups is 1. The maximum atomic E-state index is 11.6. The third kappa shape index (κ3) is 5.43. The van der Waals surface area contributed by atoms with Gasteiger partial charge in [-0.05, 0) is 31.9 Å². The van der Waals surface area contributed by atoms with Gasteiger partial charge in [-0.3, -0.25) is 4.68 Å². The number of carbonyl (C=O) groups excluding carboxylic acids is 1. The Labute approximate surface area is 142 Å². The van der Waals surface area contributed by atoms with E-state index in [1.165, 1.54) is 0 Å². The molecule has 1 aromatic heterocycles. The minimum atomic E-state index is -0.503. The van der Waals surface area contributed by atoms with E-state index in [9.17, 15) is 4.79 Å². The molecule has 2 aromatic rings. The van der Waals surface area contributed by atoms with Gasteiger partial charge in [-0.25, -0.2) is 4.79 Å². The zero-order valence-electron chi connectivity index (χ0n) is 14.2. The normalized spacial score (nSPS) is 10.9. The van der Waals surface area contributed by atoms with Crippen LogP contribution in [0.3, 0.4) is 0 Å². The number of alkyl carbamates (subject to hydrolysis) is 1. The lowest BCUT2D eigenvalue weighted by molar-refractivity contribution is 0.0525. The summed E-state index contributed by atoms with van der Waals surface area (Å²) in [5.74, 6) is 0. The van der Waals surface area contributed by atoms with Gasteiger partial charge in [0, 0.05) is 18.3 Å². The molecule has 0 aliphatic heterocycles. The van der Waals surface area contributed by atoms with Gasteiger partial charge < -0.3 is 10.1 Å². The lowest BCUT2D eigenvalue weighted by Crippen LogP contribution is -2.34. The molecule has 0 unspecified atom stereocenters. The maximum absolute atomic E-state index is 11.6. The Hall–Kier alpha value is -2.81. The SMILES string of the molecule is CC(C)(C)OC(=O)NCCn1cc(-c2cccc(CC#N)c2)cn1. The summed E-state index contributed by atoms with van der Waals surface area (Å²) in [5, 5.41) is 15.8. The van der Waals surface area contributed by atoms with E-state index in [-0.39, 0.29) is 0 Å². The van der Waals surface area contributed by atoms with Crippen LogP contribution in [0.5, 0.6) is 0 Å². The molecule has 0 saturated carbocycles. The van der Waals surface area contributed by atoms with Crippen molar-refractivity contribution in [3.8, 4) is 17.2 Å². The van der Waals surface area contributed by atoms with Crippen molar-refractivity contribution in [1.29, 1.82) is 5.26 Å². The first-order chi connectivity index (χ1) is 11.4. The number of rotatable bonds is 5. The fourth-order valence-corrected chi connectivity index (χ4v) is 2.17. The maximum Gasteiger partial charge on any atom is 0.407 e. The van der Waals surface area contributed by atoms with Crippen LogP contribution in [-0.2, 0) is 17.7 Å². The third-order valence-electron chi connectivity index (χ3n) is 3.19. The van der Waals surface area contributed by atoms with Gasteiger partial charge in [0.05, 0.1) is 25.2 Å². The molecule has 0 aliphatic carbocycles. The van der Waals surface area contributed by atoms with E-state index < -0.39 is 11.7 Å². The first-order valence-corrected chi connectivity index (χ1v) is 7.83. The van der Waals surface area contributed by atoms with E-state index in [2.05, 4.69) is 16.5 Å². The minimum absolute atomic E-state index is 0.391. The fourth-order valence-electron chi connectivity index (χ4n) is 2.17. The van der Waals surface area contributed by atoms with E-state index in [1.54, 1.807) is 10.9 Å². The molecule has 1 N–H and O–H groups in total. The second-order valence-electron chi connectivity index (χ2n) is 6.46. The van der Waals surface area contributed by atoms with Crippen molar-refractivity contribution in [2.75, 3.05) is 6.54 Å². The molecule has 6 nitrogen and oxygen atoms in total. The lowest BCUT2D eigenvalue weighted by atomic mass is 10.1. The van der Waals surface area contributed by atoms with Gasteiger partial charge in [-0.2, -0.15) is 10.4 Å². The fraction of sp³-hybridized carbons (Fsp3) is 0.389. The summed E-state index contributed by atoms with van der Waals surface area (Å²) in [6, 6.07) is 9.99. The molecule has 1 aromatic carbocycles. The topological polar surface area (TPSA) is 79.9 Å². The first kappa shape index (κ1) is 17.5. The van der Waals surface area contributed by atoms with Crippen LogP contribution in [0.25, 0.3) is 11.1 Å². The highest BCUT2D eigenvalue weighted by Gasteiger charge is 2.15. The molecule has 0 spiro atoms. The summed E-state index contributed by atoms with van der Waals surface area (Å²) >= 11 is 0. The van der Waals surface area contributed by atoms with Gasteiger partial charge in [0.15, 0.2) is 0 Å². The number of nitrogens with one attached hydrogen (secondary N) is 1. The van der Waals surface area contributed by atoms with Crippen molar-refractivity contribution < 1.29 is 9.53 Å². The molecule has 1 amide bonds. The van der Waals surface area contributed by atoms with Crippen molar-refractivity contribution >= 4 is 6.09 Å². The summed E-state index contributed by atoms with van der Waals surface area (Å²) in [6.45, 7) is 6.47. The van der Waals surface area contributed by atoms with Crippen molar-refractivity contribution in [3.63, 3.8) is 0 Å². The number of nitrogens with zero attached hydrogens (tertiary/aromatic N) is 3. The largest absolute Gasteiger partial charge is 0.444 e. The monoisotopic (exact) mass is 326 g/mol. The predicted octanol–water partition coefficient (Wildman–Crippen LogP) is 3.14. The van der Waals surface area contributed by atoms with E-state index in [0.29, 0.717) is 19.5 Å². The third-order valence-corrected chi connectivity index (χ3v) is 3.19. The predicted molar refractivity (Wildman–Crippen MR) is 91.2 cm³/mol. The molecule has 0 radical (unpaired) electrons. The highest BCUT2D eigenvalue weighted by molar-refractivity contribution is 5.67. The molecule has 2 rings (SSSR count). The van der Waals surface area contributed by atoms with Gasteiger partial charge in [0.25, 0.3) is 0 Å². The molecular formula is C18H22N4O2. The molecule has 0 aliphatic rings. The Kier molecular flexibility index (Phi) is 5.59. The summed E-state index contributed by atoms with van der Waals surface area (Å²) in [6.07, 6.45) is 3.65. The van der Waals surface area contributed by atoms with Crippen molar-refractivity contribution in [2.45, 2.75) is 39.3 Å². The van der Waals surface area contributed by atoms with Crippen LogP contribution in [0.15, 0.2) is 36.7 Å². The molecule has 0 fully saturated rings. The number of ether oxygens (including phenoxy) is 1. The summed E-state index contributed by atoms with van der Waals surface area (Å²) in [4.78, 5) is 11.6. The number of hydrogen-bond donors (Lipinski definition) is 1. The van der Waals surface area contributed by atoms with E-state index in [4.69, 9.17) is 10.00 Å². The zero-order valence-corrected chi connectivity index (χ0v) is 14.2. The Morgan fingerprint density at radius 3 is 2.88 bits per heavy atom. The molecule has 0 bridgehead atoms. The standard InChI is InChI=1S/C18H22N4O2/c1-18(2,3)24-17(23)20-9-10-22-13-16(12-21-22)15-6-4-5-14(11-15)7-8-19/h4-6,11-13H,7,9-10H2,1-3H3,(H,20,23). The van der Waals surface area contributed by atoms with Gasteiger partial charge in [0.1, 0.15) is 5.60 Å². The molecule has 126 valence electrons. The van der Waals surface area contributed by atoms with Crippen molar-refractivity contribution in [3.05, 3.63) is 42.2 Å². The zero-order chi connectivity index (χ0) is 17.6. The second kappa shape index (κ2) is 7.64. The van der Waals surface area contributed by atoms with Crippen LogP contribution in [0.2, 0.25) is 0 Å². The van der Waals surface area contributed by atoms with E-state index in [0.717, 1.165) is 16.7 Å². The number of amides is 1. The highest BCUT2D eigenvalue weighted by Crippen LogP contribution is 2.20. The molecule has 24 heavy (non-hydrogen) atoms. The number of hydrogen-bond acceptors (Lipinski definition) is 4. The van der Waals surface area contributed by atoms with Crippen LogP contribution in [0.4, 0.5) is 4.79 Å². The van der Waals surface area contributed by atoms with Gasteiger partial charge in [-0.15, -0.1) is 0 Å². The summed E-state index contributed by atoms with van der Waals surface area (Å²) < 4.78 is 6.95. The van der Waals surface area contributed by atoms with Gasteiger partial charge in [-0.1, -0.05) is 24.3 Å². The average Bonchev–Trinajstić information content (AvgIpc) is 2.95. The highest BCUT2D eigenvalue weighted by atomic mass is 16.6. The number of nitriles is 1. The minimum Gasteiger partial charge on any atom is -0.444 e. The van der Waals surface area contributed by atoms with Gasteiger partial charge in [0.2, 0.25) is 0 Å². The van der Waals surface area contributed by atoms with Crippen LogP contribution >= 0.6 is 0 Å². The first-order valence-electron chi connectivity index (χ1n) is 7.83. The smallest absolute Gasteiger partial charge is 0.407 e. The van der Waals surface area contributed by atoms with E-state index in [1.807, 2.05) is 51.2 Å². The van der Waals surface area contributed by atoms with Crippen LogP contribution in [0.1, 0.15) is 26.3 Å². The average molecular weight is 326 g/mol. The Morgan fingerprint density at radius 2 is 2.17 bits per heavy atom. The summed E-state index contributed by atoms with van der Waals surface area (Å²) in [7, 11) is 0. The van der Waals surface area contributed by atoms with Gasteiger partial charge >= 0.3 is 6.09 Å². The van der Waals surface area contributed by atoms with Crippen LogP contribution in [-0.4, -0.2) is 28.0 Å². The Bertz CT molecular complexity index is 738. The molecule has 0 atom stereocenters. The summed E-state index contributed by atoms with van der Waals surface area (Å²) in [5.41, 5.74) is 2.48. The van der Waals surface area contributed by atoms with Crippen molar-refractivity contribution in [1.82, 2.24) is 15.1 Å².